The van der Waals surface area contributed by atoms with Crippen LogP contribution in [0.1, 0.15) is 38.3 Å². The number of rotatable bonds is 7. The monoisotopic (exact) mass is 251 g/mol. The van der Waals surface area contributed by atoms with E-state index in [9.17, 15) is 4.39 Å². The summed E-state index contributed by atoms with van der Waals surface area (Å²) in [5, 5.41) is 3.35. The molecule has 0 aromatic heterocycles. The molecule has 1 unspecified atom stereocenters. The van der Waals surface area contributed by atoms with Crippen molar-refractivity contribution in [2.75, 3.05) is 13.7 Å². The van der Waals surface area contributed by atoms with Gasteiger partial charge in [0.25, 0.3) is 0 Å². The van der Waals surface area contributed by atoms with E-state index in [1.807, 2.05) is 6.92 Å². The van der Waals surface area contributed by atoms with Gasteiger partial charge in [0, 0.05) is 11.6 Å². The third kappa shape index (κ3) is 3.84. The number of hydrogen-bond acceptors (Lipinski definition) is 2. The molecule has 0 bridgehead atoms. The first-order valence-electron chi connectivity index (χ1n) is 6.30. The zero-order valence-corrected chi connectivity index (χ0v) is 11.4. The Labute approximate surface area is 109 Å². The van der Waals surface area contributed by atoms with Crippen LogP contribution in [0, 0.1) is 5.82 Å². The van der Waals surface area contributed by atoms with Gasteiger partial charge < -0.3 is 10.1 Å². The molecule has 0 radical (unpaired) electrons. The van der Waals surface area contributed by atoms with Gasteiger partial charge in [0.05, 0.1) is 7.11 Å². The number of ether oxygens (including phenoxy) is 1. The molecule has 2 nitrogen and oxygen atoms in total. The minimum absolute atomic E-state index is 0.0846. The van der Waals surface area contributed by atoms with E-state index in [0.29, 0.717) is 17.7 Å². The predicted octanol–water partition coefficient (Wildman–Crippen LogP) is 3.84. The second-order valence-corrected chi connectivity index (χ2v) is 4.52. The number of hydrogen-bond donors (Lipinski definition) is 1. The van der Waals surface area contributed by atoms with Gasteiger partial charge in [-0.25, -0.2) is 4.39 Å². The van der Waals surface area contributed by atoms with Gasteiger partial charge in [0.2, 0.25) is 0 Å². The summed E-state index contributed by atoms with van der Waals surface area (Å²) in [5.41, 5.74) is 1.62. The first kappa shape index (κ1) is 14.7. The molecule has 0 aliphatic rings. The van der Waals surface area contributed by atoms with E-state index >= 15 is 0 Å². The fourth-order valence-corrected chi connectivity index (χ4v) is 1.98. The Morgan fingerprint density at radius 1 is 1.50 bits per heavy atom. The molecule has 1 rings (SSSR count). The van der Waals surface area contributed by atoms with E-state index in [1.165, 1.54) is 6.07 Å². The summed E-state index contributed by atoms with van der Waals surface area (Å²) in [6, 6.07) is 4.84. The summed E-state index contributed by atoms with van der Waals surface area (Å²) >= 11 is 0. The van der Waals surface area contributed by atoms with Crippen LogP contribution < -0.4 is 10.1 Å². The lowest BCUT2D eigenvalue weighted by Crippen LogP contribution is -2.24. The van der Waals surface area contributed by atoms with E-state index in [-0.39, 0.29) is 11.9 Å². The molecule has 1 aromatic rings. The van der Waals surface area contributed by atoms with Gasteiger partial charge in [-0.1, -0.05) is 18.6 Å². The van der Waals surface area contributed by atoms with Gasteiger partial charge in [-0.3, -0.25) is 0 Å². The molecule has 1 atom stereocenters. The Morgan fingerprint density at radius 3 is 2.78 bits per heavy atom. The average molecular weight is 251 g/mol. The van der Waals surface area contributed by atoms with Gasteiger partial charge in [0.1, 0.15) is 11.6 Å². The summed E-state index contributed by atoms with van der Waals surface area (Å²) in [5.74, 6) is 0.356. The lowest BCUT2D eigenvalue weighted by Gasteiger charge is -2.22. The number of nitrogens with one attached hydrogen (secondary N) is 1. The predicted molar refractivity (Wildman–Crippen MR) is 73.4 cm³/mol. The Bertz CT molecular complexity index is 403. The van der Waals surface area contributed by atoms with E-state index < -0.39 is 0 Å². The van der Waals surface area contributed by atoms with Crippen LogP contribution >= 0.6 is 0 Å². The standard InChI is InChI=1S/C15H22FNO/c1-5-9-17-13(10-11(2)3)15-12(16)7-6-8-14(15)18-4/h6-8,13,17H,2,5,9-10H2,1,3-4H3. The molecule has 0 amide bonds. The summed E-state index contributed by atoms with van der Waals surface area (Å²) in [6.45, 7) is 8.79. The Hall–Kier alpha value is -1.35. The molecule has 0 fully saturated rings. The van der Waals surface area contributed by atoms with Crippen LogP contribution in [0.3, 0.4) is 0 Å². The van der Waals surface area contributed by atoms with Gasteiger partial charge in [-0.15, -0.1) is 6.58 Å². The molecule has 1 aromatic carbocycles. The lowest BCUT2D eigenvalue weighted by molar-refractivity contribution is 0.389. The summed E-state index contributed by atoms with van der Waals surface area (Å²) in [4.78, 5) is 0. The minimum Gasteiger partial charge on any atom is -0.496 e. The smallest absolute Gasteiger partial charge is 0.131 e. The molecule has 0 spiro atoms. The van der Waals surface area contributed by atoms with Crippen molar-refractivity contribution in [3.8, 4) is 5.75 Å². The lowest BCUT2D eigenvalue weighted by atomic mass is 9.98. The van der Waals surface area contributed by atoms with E-state index in [1.54, 1.807) is 19.2 Å². The molecule has 0 aliphatic carbocycles. The topological polar surface area (TPSA) is 21.3 Å². The van der Waals surface area contributed by atoms with Crippen molar-refractivity contribution in [2.45, 2.75) is 32.7 Å². The largest absolute Gasteiger partial charge is 0.496 e. The molecule has 0 saturated carbocycles. The summed E-state index contributed by atoms with van der Waals surface area (Å²) in [7, 11) is 1.57. The first-order chi connectivity index (χ1) is 8.60. The molecular weight excluding hydrogens is 229 g/mol. The molecule has 3 heteroatoms. The Kier molecular flexibility index (Phi) is 5.86. The highest BCUT2D eigenvalue weighted by molar-refractivity contribution is 5.37. The number of halogens is 1. The van der Waals surface area contributed by atoms with E-state index in [4.69, 9.17) is 4.74 Å². The van der Waals surface area contributed by atoms with Crippen LogP contribution in [-0.2, 0) is 0 Å². The molecule has 0 aliphatic heterocycles. The summed E-state index contributed by atoms with van der Waals surface area (Å²) in [6.07, 6.45) is 1.71. The highest BCUT2D eigenvalue weighted by atomic mass is 19.1. The first-order valence-corrected chi connectivity index (χ1v) is 6.30. The van der Waals surface area contributed by atoms with Gasteiger partial charge in [0.15, 0.2) is 0 Å². The molecule has 18 heavy (non-hydrogen) atoms. The SMILES string of the molecule is C=C(C)CC(NCCC)c1c(F)cccc1OC. The maximum atomic E-state index is 14.0. The van der Waals surface area contributed by atoms with Gasteiger partial charge in [-0.05, 0) is 38.4 Å². The maximum absolute atomic E-state index is 14.0. The van der Waals surface area contributed by atoms with Crippen LogP contribution in [-0.4, -0.2) is 13.7 Å². The van der Waals surface area contributed by atoms with Crippen LogP contribution in [0.15, 0.2) is 30.4 Å². The van der Waals surface area contributed by atoms with Crippen molar-refractivity contribution in [2.24, 2.45) is 0 Å². The molecule has 0 saturated heterocycles. The third-order valence-electron chi connectivity index (χ3n) is 2.77. The summed E-state index contributed by atoms with van der Waals surface area (Å²) < 4.78 is 19.3. The highest BCUT2D eigenvalue weighted by Crippen LogP contribution is 2.31. The van der Waals surface area contributed by atoms with Gasteiger partial charge >= 0.3 is 0 Å². The van der Waals surface area contributed by atoms with Crippen LogP contribution in [0.25, 0.3) is 0 Å². The van der Waals surface area contributed by atoms with Crippen molar-refractivity contribution in [3.63, 3.8) is 0 Å². The number of methoxy groups -OCH3 is 1. The van der Waals surface area contributed by atoms with Crippen LogP contribution in [0.4, 0.5) is 4.39 Å². The second-order valence-electron chi connectivity index (χ2n) is 4.52. The maximum Gasteiger partial charge on any atom is 0.131 e. The molecule has 0 heterocycles. The fourth-order valence-electron chi connectivity index (χ4n) is 1.98. The quantitative estimate of drug-likeness (QED) is 0.743. The Morgan fingerprint density at radius 2 is 2.22 bits per heavy atom. The van der Waals surface area contributed by atoms with Crippen molar-refractivity contribution in [3.05, 3.63) is 41.7 Å². The van der Waals surface area contributed by atoms with Crippen molar-refractivity contribution < 1.29 is 9.13 Å². The van der Waals surface area contributed by atoms with Crippen molar-refractivity contribution >= 4 is 0 Å². The third-order valence-corrected chi connectivity index (χ3v) is 2.77. The minimum atomic E-state index is -0.232. The zero-order chi connectivity index (χ0) is 13.5. The molecule has 100 valence electrons. The van der Waals surface area contributed by atoms with Crippen LogP contribution in [0.5, 0.6) is 5.75 Å². The molecular formula is C15H22FNO. The highest BCUT2D eigenvalue weighted by Gasteiger charge is 2.19. The zero-order valence-electron chi connectivity index (χ0n) is 11.4. The second kappa shape index (κ2) is 7.17. The molecule has 1 N–H and O–H groups in total. The van der Waals surface area contributed by atoms with E-state index in [0.717, 1.165) is 18.5 Å². The normalized spacial score (nSPS) is 12.2. The van der Waals surface area contributed by atoms with Gasteiger partial charge in [-0.2, -0.15) is 0 Å². The fraction of sp³-hybridized carbons (Fsp3) is 0.467. The van der Waals surface area contributed by atoms with Crippen molar-refractivity contribution in [1.29, 1.82) is 0 Å². The van der Waals surface area contributed by atoms with E-state index in [2.05, 4.69) is 18.8 Å². The Balaban J connectivity index is 3.06. The van der Waals surface area contributed by atoms with Crippen LogP contribution in [0.2, 0.25) is 0 Å². The average Bonchev–Trinajstić information content (AvgIpc) is 2.34. The number of benzene rings is 1. The van der Waals surface area contributed by atoms with Crippen molar-refractivity contribution in [1.82, 2.24) is 5.32 Å².